The van der Waals surface area contributed by atoms with E-state index in [0.29, 0.717) is 0 Å². The molecular weight excluding hydrogens is 170 g/mol. The Morgan fingerprint density at radius 2 is 1.77 bits per heavy atom. The third-order valence-electron chi connectivity index (χ3n) is 2.02. The lowest BCUT2D eigenvalue weighted by Crippen LogP contribution is -2.34. The molecule has 4 heteroatoms. The van der Waals surface area contributed by atoms with E-state index in [9.17, 15) is 9.59 Å². The summed E-state index contributed by atoms with van der Waals surface area (Å²) in [5.74, 6) is -1.69. The molecule has 2 unspecified atom stereocenters. The fourth-order valence-electron chi connectivity index (χ4n) is 1.32. The van der Waals surface area contributed by atoms with Gasteiger partial charge in [0.2, 0.25) is 0 Å². The fraction of sp³-hybridized carbons (Fsp3) is 0.333. The van der Waals surface area contributed by atoms with Crippen molar-refractivity contribution in [3.05, 3.63) is 24.3 Å². The zero-order valence-corrected chi connectivity index (χ0v) is 7.23. The van der Waals surface area contributed by atoms with Crippen LogP contribution in [0.15, 0.2) is 24.3 Å². The first-order valence-corrected chi connectivity index (χ1v) is 3.96. The average molecular weight is 181 g/mol. The Kier molecular flexibility index (Phi) is 2.97. The first kappa shape index (κ1) is 9.67. The summed E-state index contributed by atoms with van der Waals surface area (Å²) in [6.07, 6.45) is 6.65. The lowest BCUT2D eigenvalue weighted by molar-refractivity contribution is -0.136. The molecule has 0 aromatic carbocycles. The smallest absolute Gasteiger partial charge is 0.251 e. The molecule has 0 spiro atoms. The molecule has 13 heavy (non-hydrogen) atoms. The topological polar surface area (TPSA) is 66.4 Å². The summed E-state index contributed by atoms with van der Waals surface area (Å²) in [5.41, 5.74) is 1.54. The number of hydroxylamine groups is 1. The highest BCUT2D eigenvalue weighted by molar-refractivity contribution is 5.90. The zero-order valence-electron chi connectivity index (χ0n) is 7.23. The highest BCUT2D eigenvalue weighted by Gasteiger charge is 2.28. The number of nitrogens with one attached hydrogen (secondary N) is 1. The Labute approximate surface area is 75.9 Å². The van der Waals surface area contributed by atoms with E-state index in [4.69, 9.17) is 5.21 Å². The van der Waals surface area contributed by atoms with E-state index in [1.807, 2.05) is 0 Å². The number of ketones is 1. The van der Waals surface area contributed by atoms with Gasteiger partial charge in [0.1, 0.15) is 5.78 Å². The van der Waals surface area contributed by atoms with Crippen molar-refractivity contribution in [2.24, 2.45) is 11.8 Å². The van der Waals surface area contributed by atoms with Gasteiger partial charge in [0.25, 0.3) is 5.91 Å². The summed E-state index contributed by atoms with van der Waals surface area (Å²) >= 11 is 0. The summed E-state index contributed by atoms with van der Waals surface area (Å²) in [6.45, 7) is 1.42. The zero-order chi connectivity index (χ0) is 9.84. The number of Topliss-reactive ketones (excluding diaryl/α,β-unsaturated/α-hetero) is 1. The Balaban J connectivity index is 2.82. The van der Waals surface area contributed by atoms with Gasteiger partial charge in [-0.2, -0.15) is 0 Å². The van der Waals surface area contributed by atoms with E-state index in [2.05, 4.69) is 0 Å². The van der Waals surface area contributed by atoms with Crippen LogP contribution in [0.4, 0.5) is 0 Å². The summed E-state index contributed by atoms with van der Waals surface area (Å²) in [5, 5.41) is 8.42. The van der Waals surface area contributed by atoms with E-state index in [-0.39, 0.29) is 5.78 Å². The van der Waals surface area contributed by atoms with Gasteiger partial charge in [-0.25, -0.2) is 5.48 Å². The SMILES string of the molecule is CC(=O)C1C=CC=CC1C(=O)NO. The van der Waals surface area contributed by atoms with Crippen LogP contribution < -0.4 is 5.48 Å². The second kappa shape index (κ2) is 4.00. The van der Waals surface area contributed by atoms with Crippen molar-refractivity contribution in [3.63, 3.8) is 0 Å². The minimum atomic E-state index is -0.590. The predicted octanol–water partition coefficient (Wildman–Crippen LogP) is 0.439. The van der Waals surface area contributed by atoms with Gasteiger partial charge in [0, 0.05) is 0 Å². The second-order valence-electron chi connectivity index (χ2n) is 2.91. The van der Waals surface area contributed by atoms with E-state index < -0.39 is 17.7 Å². The monoisotopic (exact) mass is 181 g/mol. The predicted molar refractivity (Wildman–Crippen MR) is 45.9 cm³/mol. The summed E-state index contributed by atoms with van der Waals surface area (Å²) in [7, 11) is 0. The van der Waals surface area contributed by atoms with Gasteiger partial charge in [-0.3, -0.25) is 14.8 Å². The molecule has 0 bridgehead atoms. The van der Waals surface area contributed by atoms with Crippen LogP contribution in [0.3, 0.4) is 0 Å². The van der Waals surface area contributed by atoms with Crippen molar-refractivity contribution in [1.82, 2.24) is 5.48 Å². The fourth-order valence-corrected chi connectivity index (χ4v) is 1.32. The van der Waals surface area contributed by atoms with Crippen LogP contribution in [-0.2, 0) is 9.59 Å². The average Bonchev–Trinajstić information content (AvgIpc) is 2.16. The number of hydrogen-bond acceptors (Lipinski definition) is 3. The first-order valence-electron chi connectivity index (χ1n) is 3.96. The van der Waals surface area contributed by atoms with E-state index >= 15 is 0 Å². The maximum absolute atomic E-state index is 11.1. The molecule has 1 aliphatic carbocycles. The molecule has 0 aromatic heterocycles. The summed E-state index contributed by atoms with van der Waals surface area (Å²) in [6, 6.07) is 0. The molecule has 2 atom stereocenters. The molecule has 4 nitrogen and oxygen atoms in total. The molecule has 0 heterocycles. The minimum Gasteiger partial charge on any atom is -0.299 e. The normalized spacial score (nSPS) is 25.7. The third-order valence-corrected chi connectivity index (χ3v) is 2.02. The molecule has 0 aliphatic heterocycles. The van der Waals surface area contributed by atoms with Crippen molar-refractivity contribution < 1.29 is 14.8 Å². The molecule has 1 rings (SSSR count). The number of carbonyl (C=O) groups excluding carboxylic acids is 2. The van der Waals surface area contributed by atoms with Crippen molar-refractivity contribution >= 4 is 11.7 Å². The Hall–Kier alpha value is -1.42. The van der Waals surface area contributed by atoms with Gasteiger partial charge < -0.3 is 0 Å². The Bertz CT molecular complexity index is 281. The number of rotatable bonds is 2. The van der Waals surface area contributed by atoms with Crippen molar-refractivity contribution in [1.29, 1.82) is 0 Å². The minimum absolute atomic E-state index is 0.0887. The van der Waals surface area contributed by atoms with Crippen LogP contribution in [0.1, 0.15) is 6.92 Å². The van der Waals surface area contributed by atoms with E-state index in [1.54, 1.807) is 29.8 Å². The number of carbonyl (C=O) groups is 2. The maximum atomic E-state index is 11.1. The Morgan fingerprint density at radius 1 is 1.23 bits per heavy atom. The van der Waals surface area contributed by atoms with Crippen LogP contribution in [0.2, 0.25) is 0 Å². The Morgan fingerprint density at radius 3 is 2.23 bits per heavy atom. The number of allylic oxidation sites excluding steroid dienone is 3. The van der Waals surface area contributed by atoms with Crippen LogP contribution in [0.5, 0.6) is 0 Å². The van der Waals surface area contributed by atoms with Gasteiger partial charge in [-0.15, -0.1) is 0 Å². The van der Waals surface area contributed by atoms with Crippen LogP contribution >= 0.6 is 0 Å². The molecule has 0 radical (unpaired) electrons. The molecule has 1 aliphatic rings. The third kappa shape index (κ3) is 2.03. The quantitative estimate of drug-likeness (QED) is 0.480. The van der Waals surface area contributed by atoms with E-state index in [1.165, 1.54) is 6.92 Å². The maximum Gasteiger partial charge on any atom is 0.251 e. The largest absolute Gasteiger partial charge is 0.299 e. The standard InChI is InChI=1S/C9H11NO3/c1-6(11)7-4-2-3-5-8(7)9(12)10-13/h2-5,7-8,13H,1H3,(H,10,12). The van der Waals surface area contributed by atoms with Crippen molar-refractivity contribution in [2.45, 2.75) is 6.92 Å². The second-order valence-corrected chi connectivity index (χ2v) is 2.91. The molecule has 70 valence electrons. The number of amides is 1. The molecule has 0 aromatic rings. The summed E-state index contributed by atoms with van der Waals surface area (Å²) < 4.78 is 0. The molecule has 0 saturated heterocycles. The van der Waals surface area contributed by atoms with Gasteiger partial charge >= 0.3 is 0 Å². The van der Waals surface area contributed by atoms with Gasteiger partial charge in [0.05, 0.1) is 11.8 Å². The first-order chi connectivity index (χ1) is 6.16. The van der Waals surface area contributed by atoms with Gasteiger partial charge in [-0.1, -0.05) is 24.3 Å². The summed E-state index contributed by atoms with van der Waals surface area (Å²) in [4.78, 5) is 22.2. The van der Waals surface area contributed by atoms with Gasteiger partial charge in [-0.05, 0) is 6.92 Å². The van der Waals surface area contributed by atoms with Crippen LogP contribution in [0.25, 0.3) is 0 Å². The highest BCUT2D eigenvalue weighted by atomic mass is 16.5. The van der Waals surface area contributed by atoms with E-state index in [0.717, 1.165) is 0 Å². The highest BCUT2D eigenvalue weighted by Crippen LogP contribution is 2.20. The number of hydrogen-bond donors (Lipinski definition) is 2. The molecule has 0 fully saturated rings. The lowest BCUT2D eigenvalue weighted by atomic mass is 9.85. The molecular formula is C9H11NO3. The van der Waals surface area contributed by atoms with Crippen molar-refractivity contribution in [3.8, 4) is 0 Å². The lowest BCUT2D eigenvalue weighted by Gasteiger charge is -2.19. The van der Waals surface area contributed by atoms with Crippen molar-refractivity contribution in [2.75, 3.05) is 0 Å². The molecule has 0 saturated carbocycles. The van der Waals surface area contributed by atoms with Gasteiger partial charge in [0.15, 0.2) is 0 Å². The van der Waals surface area contributed by atoms with Crippen LogP contribution in [0, 0.1) is 11.8 Å². The van der Waals surface area contributed by atoms with Crippen LogP contribution in [-0.4, -0.2) is 16.9 Å². The molecule has 1 amide bonds. The molecule has 2 N–H and O–H groups in total.